The van der Waals surface area contributed by atoms with Crippen LogP contribution in [0.4, 0.5) is 11.6 Å². The number of nitrogens with one attached hydrogen (secondary N) is 2. The highest BCUT2D eigenvalue weighted by atomic mass is 32.2. The number of hydrogen-bond acceptors (Lipinski definition) is 8. The van der Waals surface area contributed by atoms with E-state index >= 15 is 0 Å². The van der Waals surface area contributed by atoms with Crippen LogP contribution in [-0.2, 0) is 10.0 Å². The Morgan fingerprint density at radius 2 is 1.76 bits per heavy atom. The first-order chi connectivity index (χ1) is 14.0. The highest BCUT2D eigenvalue weighted by molar-refractivity contribution is 7.92. The molecule has 0 aliphatic heterocycles. The molecule has 4 rings (SSSR count). The summed E-state index contributed by atoms with van der Waals surface area (Å²) in [4.78, 5) is 24.5. The van der Waals surface area contributed by atoms with E-state index in [-0.39, 0.29) is 16.8 Å². The maximum atomic E-state index is 12.4. The van der Waals surface area contributed by atoms with Crippen LogP contribution in [-0.4, -0.2) is 29.3 Å². The molecule has 2 N–H and O–H groups in total. The molecule has 0 aliphatic rings. The van der Waals surface area contributed by atoms with Gasteiger partial charge in [0, 0.05) is 34.4 Å². The van der Waals surface area contributed by atoms with Crippen LogP contribution >= 0.6 is 22.7 Å². The van der Waals surface area contributed by atoms with Crippen molar-refractivity contribution in [2.45, 2.75) is 4.90 Å². The molecule has 146 valence electrons. The van der Waals surface area contributed by atoms with E-state index in [2.05, 4.69) is 25.0 Å². The van der Waals surface area contributed by atoms with Gasteiger partial charge < -0.3 is 5.32 Å². The number of anilines is 2. The lowest BCUT2D eigenvalue weighted by Crippen LogP contribution is -2.15. The summed E-state index contributed by atoms with van der Waals surface area (Å²) in [5, 5.41) is 9.08. The smallest absolute Gasteiger partial charge is 0.275 e. The monoisotopic (exact) mass is 443 g/mol. The zero-order valence-electron chi connectivity index (χ0n) is 14.6. The predicted molar refractivity (Wildman–Crippen MR) is 113 cm³/mol. The maximum Gasteiger partial charge on any atom is 0.275 e. The quantitative estimate of drug-likeness (QED) is 0.469. The number of benzene rings is 1. The van der Waals surface area contributed by atoms with Crippen LogP contribution in [0.25, 0.3) is 10.6 Å². The summed E-state index contributed by atoms with van der Waals surface area (Å²) in [6, 6.07) is 9.31. The first-order valence-corrected chi connectivity index (χ1v) is 11.5. The van der Waals surface area contributed by atoms with Crippen LogP contribution < -0.4 is 10.0 Å². The Morgan fingerprint density at radius 1 is 1.00 bits per heavy atom. The van der Waals surface area contributed by atoms with Crippen molar-refractivity contribution in [3.8, 4) is 10.6 Å². The average Bonchev–Trinajstić information content (AvgIpc) is 3.41. The second-order valence-electron chi connectivity index (χ2n) is 5.71. The summed E-state index contributed by atoms with van der Waals surface area (Å²) in [5.41, 5.74) is 1.73. The van der Waals surface area contributed by atoms with E-state index < -0.39 is 10.0 Å². The van der Waals surface area contributed by atoms with Gasteiger partial charge in [-0.1, -0.05) is 0 Å². The molecular weight excluding hydrogens is 430 g/mol. The SMILES string of the molecule is O=C(Nc1ccc(S(=O)(=O)Nc2ncccn2)cc1)c1csc(-c2ccsc2)n1. The van der Waals surface area contributed by atoms with Crippen LogP contribution in [0.3, 0.4) is 0 Å². The van der Waals surface area contributed by atoms with Gasteiger partial charge in [0.1, 0.15) is 10.7 Å². The van der Waals surface area contributed by atoms with Gasteiger partial charge in [-0.3, -0.25) is 4.79 Å². The van der Waals surface area contributed by atoms with Crippen LogP contribution in [0.1, 0.15) is 10.5 Å². The molecule has 3 aromatic heterocycles. The largest absolute Gasteiger partial charge is 0.321 e. The van der Waals surface area contributed by atoms with Crippen LogP contribution in [0, 0.1) is 0 Å². The number of carbonyl (C=O) groups excluding carboxylic acids is 1. The van der Waals surface area contributed by atoms with Crippen LogP contribution in [0.5, 0.6) is 0 Å². The topological polar surface area (TPSA) is 114 Å². The van der Waals surface area contributed by atoms with Crippen molar-refractivity contribution < 1.29 is 13.2 Å². The van der Waals surface area contributed by atoms with E-state index in [4.69, 9.17) is 0 Å². The molecule has 0 unspecified atom stereocenters. The van der Waals surface area contributed by atoms with E-state index in [1.807, 2.05) is 16.8 Å². The summed E-state index contributed by atoms with van der Waals surface area (Å²) in [6.07, 6.45) is 2.87. The molecule has 0 fully saturated rings. The Kier molecular flexibility index (Phi) is 5.34. The van der Waals surface area contributed by atoms with Crippen molar-refractivity contribution in [2.24, 2.45) is 0 Å². The van der Waals surface area contributed by atoms with Crippen molar-refractivity contribution in [3.63, 3.8) is 0 Å². The molecule has 8 nitrogen and oxygen atoms in total. The molecule has 1 amide bonds. The third-order valence-corrected chi connectivity index (χ3v) is 6.64. The molecule has 1 aromatic carbocycles. The molecule has 0 atom stereocenters. The zero-order valence-corrected chi connectivity index (χ0v) is 17.1. The second kappa shape index (κ2) is 8.07. The van der Waals surface area contributed by atoms with Crippen molar-refractivity contribution in [1.82, 2.24) is 15.0 Å². The minimum Gasteiger partial charge on any atom is -0.321 e. The van der Waals surface area contributed by atoms with Gasteiger partial charge in [-0.15, -0.1) is 11.3 Å². The number of nitrogens with zero attached hydrogens (tertiary/aromatic N) is 3. The fraction of sp³-hybridized carbons (Fsp3) is 0. The molecule has 0 spiro atoms. The van der Waals surface area contributed by atoms with Gasteiger partial charge in [-0.2, -0.15) is 11.3 Å². The third-order valence-electron chi connectivity index (χ3n) is 3.72. The van der Waals surface area contributed by atoms with Crippen molar-refractivity contribution in [1.29, 1.82) is 0 Å². The number of thiophene rings is 1. The average molecular weight is 444 g/mol. The lowest BCUT2D eigenvalue weighted by molar-refractivity contribution is 0.102. The molecule has 0 saturated heterocycles. The third kappa shape index (κ3) is 4.47. The second-order valence-corrected chi connectivity index (χ2v) is 9.03. The summed E-state index contributed by atoms with van der Waals surface area (Å²) in [6.45, 7) is 0. The van der Waals surface area contributed by atoms with Crippen molar-refractivity contribution in [2.75, 3.05) is 10.0 Å². The summed E-state index contributed by atoms with van der Waals surface area (Å²) in [7, 11) is -3.83. The fourth-order valence-corrected chi connectivity index (χ4v) is 4.81. The molecule has 0 bridgehead atoms. The van der Waals surface area contributed by atoms with Gasteiger partial charge in [0.2, 0.25) is 5.95 Å². The Hall–Kier alpha value is -3.15. The summed E-state index contributed by atoms with van der Waals surface area (Å²) < 4.78 is 27.1. The van der Waals surface area contributed by atoms with Gasteiger partial charge in [-0.05, 0) is 41.8 Å². The van der Waals surface area contributed by atoms with E-state index in [1.165, 1.54) is 48.0 Å². The minimum atomic E-state index is -3.83. The molecule has 3 heterocycles. The van der Waals surface area contributed by atoms with Crippen LogP contribution in [0.15, 0.2) is 69.8 Å². The number of thiazole rings is 1. The van der Waals surface area contributed by atoms with Gasteiger partial charge in [0.15, 0.2) is 0 Å². The molecule has 0 aliphatic carbocycles. The highest BCUT2D eigenvalue weighted by Gasteiger charge is 2.16. The standard InChI is InChI=1S/C18H13N5O3S3/c24-16(15-11-28-17(22-15)12-6-9-27-10-12)21-13-2-4-14(5-3-13)29(25,26)23-18-19-7-1-8-20-18/h1-11H,(H,21,24)(H,19,20,23). The Balaban J connectivity index is 1.45. The highest BCUT2D eigenvalue weighted by Crippen LogP contribution is 2.26. The molecular formula is C18H13N5O3S3. The summed E-state index contributed by atoms with van der Waals surface area (Å²) in [5.74, 6) is -0.385. The predicted octanol–water partition coefficient (Wildman–Crippen LogP) is 3.71. The van der Waals surface area contributed by atoms with E-state index in [0.717, 1.165) is 10.6 Å². The number of amides is 1. The normalized spacial score (nSPS) is 11.2. The number of hydrogen-bond donors (Lipinski definition) is 2. The summed E-state index contributed by atoms with van der Waals surface area (Å²) >= 11 is 2.95. The molecule has 4 aromatic rings. The first-order valence-electron chi connectivity index (χ1n) is 8.21. The van der Waals surface area contributed by atoms with Gasteiger partial charge in [-0.25, -0.2) is 28.1 Å². The van der Waals surface area contributed by atoms with E-state index in [0.29, 0.717) is 11.4 Å². The number of sulfonamides is 1. The van der Waals surface area contributed by atoms with Crippen molar-refractivity contribution >= 4 is 50.2 Å². The first kappa shape index (κ1) is 19.2. The zero-order chi connectivity index (χ0) is 20.3. The molecule has 0 radical (unpaired) electrons. The lowest BCUT2D eigenvalue weighted by atomic mass is 10.3. The van der Waals surface area contributed by atoms with Gasteiger partial charge in [0.05, 0.1) is 4.90 Å². The van der Waals surface area contributed by atoms with Crippen molar-refractivity contribution in [3.05, 3.63) is 70.6 Å². The van der Waals surface area contributed by atoms with Gasteiger partial charge >= 0.3 is 0 Å². The Morgan fingerprint density at radius 3 is 2.45 bits per heavy atom. The molecule has 0 saturated carbocycles. The Bertz CT molecular complexity index is 1220. The molecule has 29 heavy (non-hydrogen) atoms. The lowest BCUT2D eigenvalue weighted by Gasteiger charge is -2.08. The fourth-order valence-electron chi connectivity index (χ4n) is 2.34. The minimum absolute atomic E-state index is 0.0187. The number of rotatable bonds is 6. The number of carbonyl (C=O) groups is 1. The maximum absolute atomic E-state index is 12.4. The van der Waals surface area contributed by atoms with E-state index in [1.54, 1.807) is 22.8 Å². The molecule has 11 heteroatoms. The van der Waals surface area contributed by atoms with E-state index in [9.17, 15) is 13.2 Å². The van der Waals surface area contributed by atoms with Crippen LogP contribution in [0.2, 0.25) is 0 Å². The Labute approximate surface area is 174 Å². The number of aromatic nitrogens is 3. The van der Waals surface area contributed by atoms with Gasteiger partial charge in [0.25, 0.3) is 15.9 Å².